The number of hydrogen-bond donors (Lipinski definition) is 2. The quantitative estimate of drug-likeness (QED) is 0.446. The number of benzene rings is 1. The lowest BCUT2D eigenvalue weighted by Gasteiger charge is -2.34. The fourth-order valence-electron chi connectivity index (χ4n) is 4.72. The molecular weight excluding hydrogens is 428 g/mol. The van der Waals surface area contributed by atoms with Crippen molar-refractivity contribution in [3.8, 4) is 0 Å². The van der Waals surface area contributed by atoms with Gasteiger partial charge in [0, 0.05) is 38.8 Å². The molecule has 0 aliphatic carbocycles. The van der Waals surface area contributed by atoms with Gasteiger partial charge >= 0.3 is 0 Å². The molecule has 1 aromatic carbocycles. The second-order valence-electron chi connectivity index (χ2n) is 9.74. The first kappa shape index (κ1) is 23.7. The molecule has 0 radical (unpaired) electrons. The Morgan fingerprint density at radius 2 is 1.70 bits per heavy atom. The molecule has 1 atom stereocenters. The first-order valence-corrected chi connectivity index (χ1v) is 13.0. The van der Waals surface area contributed by atoms with Gasteiger partial charge < -0.3 is 20.4 Å². The van der Waals surface area contributed by atoms with E-state index in [-0.39, 0.29) is 0 Å². The number of aryl methyl sites for hydroxylation is 1. The van der Waals surface area contributed by atoms with Gasteiger partial charge in [-0.15, -0.1) is 0 Å². The SMILES string of the molecule is CC1CCN(c2cc(N3CCC[C@H](C)C3)nc(NC(=S)NCCCc3ccccc3)n2)CC1. The van der Waals surface area contributed by atoms with Gasteiger partial charge in [0.15, 0.2) is 5.11 Å². The van der Waals surface area contributed by atoms with Crippen LogP contribution in [0, 0.1) is 11.8 Å². The number of aromatic nitrogens is 2. The lowest BCUT2D eigenvalue weighted by molar-refractivity contribution is 0.435. The Bertz CT molecular complexity index is 897. The summed E-state index contributed by atoms with van der Waals surface area (Å²) in [5.74, 6) is 4.10. The van der Waals surface area contributed by atoms with Gasteiger partial charge in [0.1, 0.15) is 11.6 Å². The predicted octanol–water partition coefficient (Wildman–Crippen LogP) is 4.87. The molecule has 0 saturated carbocycles. The normalized spacial score (nSPS) is 19.4. The summed E-state index contributed by atoms with van der Waals surface area (Å²) in [6, 6.07) is 12.7. The molecule has 0 spiro atoms. The third-order valence-corrected chi connectivity index (χ3v) is 7.03. The van der Waals surface area contributed by atoms with E-state index in [1.807, 2.05) is 0 Å². The molecule has 0 unspecified atom stereocenters. The van der Waals surface area contributed by atoms with Crippen LogP contribution in [-0.4, -0.2) is 47.8 Å². The molecule has 3 heterocycles. The summed E-state index contributed by atoms with van der Waals surface area (Å²) < 4.78 is 0. The standard InChI is InChI=1S/C26H38N6S/c1-20-12-16-31(17-13-20)23-18-24(32-15-7-8-21(2)19-32)29-25(28-23)30-26(33)27-14-6-11-22-9-4-3-5-10-22/h3-5,9-10,18,20-21H,6-8,11-17,19H2,1-2H3,(H2,27,28,29,30,33)/t21-/m0/s1. The van der Waals surface area contributed by atoms with E-state index in [9.17, 15) is 0 Å². The molecule has 1 aromatic heterocycles. The summed E-state index contributed by atoms with van der Waals surface area (Å²) >= 11 is 5.57. The van der Waals surface area contributed by atoms with E-state index < -0.39 is 0 Å². The molecule has 33 heavy (non-hydrogen) atoms. The first-order chi connectivity index (χ1) is 16.1. The summed E-state index contributed by atoms with van der Waals surface area (Å²) in [6.07, 6.45) is 6.99. The molecule has 2 aromatic rings. The highest BCUT2D eigenvalue weighted by Crippen LogP contribution is 2.28. The Balaban J connectivity index is 1.40. The van der Waals surface area contributed by atoms with Crippen LogP contribution in [0.1, 0.15) is 51.5 Å². The Morgan fingerprint density at radius 1 is 0.970 bits per heavy atom. The van der Waals surface area contributed by atoms with Crippen LogP contribution in [-0.2, 0) is 6.42 Å². The van der Waals surface area contributed by atoms with Crippen molar-refractivity contribution in [3.05, 3.63) is 42.0 Å². The summed E-state index contributed by atoms with van der Waals surface area (Å²) in [7, 11) is 0. The number of nitrogens with zero attached hydrogens (tertiary/aromatic N) is 4. The maximum atomic E-state index is 5.57. The smallest absolute Gasteiger partial charge is 0.232 e. The summed E-state index contributed by atoms with van der Waals surface area (Å²) in [4.78, 5) is 14.5. The van der Waals surface area contributed by atoms with Crippen molar-refractivity contribution in [1.82, 2.24) is 15.3 Å². The zero-order valence-corrected chi connectivity index (χ0v) is 20.9. The van der Waals surface area contributed by atoms with Gasteiger partial charge in [0.2, 0.25) is 5.95 Å². The zero-order chi connectivity index (χ0) is 23.0. The zero-order valence-electron chi connectivity index (χ0n) is 20.1. The van der Waals surface area contributed by atoms with E-state index >= 15 is 0 Å². The van der Waals surface area contributed by atoms with Crippen molar-refractivity contribution in [1.29, 1.82) is 0 Å². The molecule has 178 valence electrons. The molecule has 2 fully saturated rings. The van der Waals surface area contributed by atoms with Gasteiger partial charge in [-0.1, -0.05) is 44.2 Å². The molecule has 2 N–H and O–H groups in total. The highest BCUT2D eigenvalue weighted by Gasteiger charge is 2.22. The molecular formula is C26H38N6S. The highest BCUT2D eigenvalue weighted by molar-refractivity contribution is 7.80. The van der Waals surface area contributed by atoms with Crippen LogP contribution in [0.15, 0.2) is 36.4 Å². The van der Waals surface area contributed by atoms with E-state index in [1.165, 1.54) is 31.2 Å². The number of hydrogen-bond acceptors (Lipinski definition) is 5. The van der Waals surface area contributed by atoms with E-state index in [0.717, 1.165) is 63.1 Å². The van der Waals surface area contributed by atoms with Crippen molar-refractivity contribution in [3.63, 3.8) is 0 Å². The van der Waals surface area contributed by atoms with Crippen molar-refractivity contribution >= 4 is 34.9 Å². The highest BCUT2D eigenvalue weighted by atomic mass is 32.1. The second kappa shape index (κ2) is 11.6. The Hall–Kier alpha value is -2.41. The predicted molar refractivity (Wildman–Crippen MR) is 142 cm³/mol. The van der Waals surface area contributed by atoms with E-state index in [0.29, 0.717) is 17.0 Å². The maximum Gasteiger partial charge on any atom is 0.232 e. The van der Waals surface area contributed by atoms with E-state index in [2.05, 4.69) is 70.7 Å². The Kier molecular flexibility index (Phi) is 8.37. The Labute approximate surface area is 204 Å². The van der Waals surface area contributed by atoms with Gasteiger partial charge in [0.05, 0.1) is 0 Å². The van der Waals surface area contributed by atoms with E-state index in [4.69, 9.17) is 22.2 Å². The molecule has 2 aliphatic heterocycles. The largest absolute Gasteiger partial charge is 0.362 e. The van der Waals surface area contributed by atoms with Crippen LogP contribution in [0.4, 0.5) is 17.6 Å². The molecule has 4 rings (SSSR count). The average Bonchev–Trinajstić information content (AvgIpc) is 2.83. The molecule has 6 nitrogen and oxygen atoms in total. The summed E-state index contributed by atoms with van der Waals surface area (Å²) in [6.45, 7) is 9.70. The van der Waals surface area contributed by atoms with Gasteiger partial charge in [-0.2, -0.15) is 9.97 Å². The monoisotopic (exact) mass is 466 g/mol. The van der Waals surface area contributed by atoms with Gasteiger partial charge in [0.25, 0.3) is 0 Å². The third-order valence-electron chi connectivity index (χ3n) is 6.78. The number of piperidine rings is 2. The van der Waals surface area contributed by atoms with Crippen LogP contribution in [0.3, 0.4) is 0 Å². The van der Waals surface area contributed by atoms with Crippen LogP contribution >= 0.6 is 12.2 Å². The number of rotatable bonds is 7. The first-order valence-electron chi connectivity index (χ1n) is 12.5. The minimum atomic E-state index is 0.588. The fraction of sp³-hybridized carbons (Fsp3) is 0.577. The minimum absolute atomic E-state index is 0.588. The van der Waals surface area contributed by atoms with Crippen LogP contribution in [0.5, 0.6) is 0 Å². The fourth-order valence-corrected chi connectivity index (χ4v) is 4.92. The maximum absolute atomic E-state index is 5.57. The number of anilines is 3. The Morgan fingerprint density at radius 3 is 2.42 bits per heavy atom. The van der Waals surface area contributed by atoms with Crippen LogP contribution in [0.25, 0.3) is 0 Å². The van der Waals surface area contributed by atoms with E-state index in [1.54, 1.807) is 0 Å². The van der Waals surface area contributed by atoms with Crippen LogP contribution < -0.4 is 20.4 Å². The van der Waals surface area contributed by atoms with Crippen molar-refractivity contribution in [2.45, 2.75) is 52.4 Å². The van der Waals surface area contributed by atoms with Crippen molar-refractivity contribution in [2.75, 3.05) is 47.8 Å². The molecule has 7 heteroatoms. The van der Waals surface area contributed by atoms with Crippen molar-refractivity contribution < 1.29 is 0 Å². The van der Waals surface area contributed by atoms with Crippen molar-refractivity contribution in [2.24, 2.45) is 11.8 Å². The lowest BCUT2D eigenvalue weighted by atomic mass is 9.99. The van der Waals surface area contributed by atoms with Gasteiger partial charge in [-0.25, -0.2) is 0 Å². The van der Waals surface area contributed by atoms with Gasteiger partial charge in [-0.3, -0.25) is 0 Å². The summed E-state index contributed by atoms with van der Waals surface area (Å²) in [5.41, 5.74) is 1.35. The molecule has 2 aliphatic rings. The average molecular weight is 467 g/mol. The third kappa shape index (κ3) is 7.03. The van der Waals surface area contributed by atoms with Crippen LogP contribution in [0.2, 0.25) is 0 Å². The molecule has 0 bridgehead atoms. The molecule has 2 saturated heterocycles. The van der Waals surface area contributed by atoms with Gasteiger partial charge in [-0.05, 0) is 68.1 Å². The second-order valence-corrected chi connectivity index (χ2v) is 10.1. The minimum Gasteiger partial charge on any atom is -0.362 e. The molecule has 0 amide bonds. The number of nitrogens with one attached hydrogen (secondary N) is 2. The topological polar surface area (TPSA) is 56.3 Å². The summed E-state index contributed by atoms with van der Waals surface area (Å²) in [5, 5.41) is 7.18. The lowest BCUT2D eigenvalue weighted by Crippen LogP contribution is -2.37. The number of thiocarbonyl (C=S) groups is 1.